The molecule has 0 aliphatic rings. The predicted molar refractivity (Wildman–Crippen MR) is 67.5 cm³/mol. The van der Waals surface area contributed by atoms with Gasteiger partial charge in [0.05, 0.1) is 10.6 Å². The van der Waals surface area contributed by atoms with E-state index in [1.807, 2.05) is 0 Å². The minimum Gasteiger partial charge on any atom is -0.353 e. The summed E-state index contributed by atoms with van der Waals surface area (Å²) in [7, 11) is 0. The van der Waals surface area contributed by atoms with Crippen LogP contribution in [0.15, 0.2) is 36.4 Å². The third-order valence-corrected chi connectivity index (χ3v) is 2.52. The Morgan fingerprint density at radius 3 is 2.60 bits per heavy atom. The Balaban J connectivity index is 2.40. The minimum atomic E-state index is -0.717. The van der Waals surface area contributed by atoms with Crippen LogP contribution in [0.4, 0.5) is 25.8 Å². The van der Waals surface area contributed by atoms with Gasteiger partial charge in [-0.2, -0.15) is 5.26 Å². The number of rotatable bonds is 3. The molecule has 0 aliphatic carbocycles. The van der Waals surface area contributed by atoms with Gasteiger partial charge in [0.15, 0.2) is 0 Å². The van der Waals surface area contributed by atoms with Crippen LogP contribution in [-0.4, -0.2) is 4.92 Å². The Kier molecular flexibility index (Phi) is 3.57. The lowest BCUT2D eigenvalue weighted by atomic mass is 10.1. The summed E-state index contributed by atoms with van der Waals surface area (Å²) in [5, 5.41) is 22.1. The molecule has 0 saturated carbocycles. The number of nitro groups is 1. The number of hydrogen-bond donors (Lipinski definition) is 1. The Bertz CT molecular complexity index is 726. The van der Waals surface area contributed by atoms with Crippen molar-refractivity contribution in [3.8, 4) is 6.07 Å². The standard InChI is InChI=1S/C13H7F2N3O2/c14-9-2-4-11(15)12(5-9)17-10-3-1-8(7-16)13(6-10)18(19)20/h1-6,17H. The van der Waals surface area contributed by atoms with Gasteiger partial charge in [0.25, 0.3) is 5.69 Å². The van der Waals surface area contributed by atoms with Crippen LogP contribution in [0.25, 0.3) is 0 Å². The van der Waals surface area contributed by atoms with Gasteiger partial charge in [0.2, 0.25) is 0 Å². The fourth-order valence-corrected chi connectivity index (χ4v) is 1.60. The van der Waals surface area contributed by atoms with Crippen molar-refractivity contribution < 1.29 is 13.7 Å². The number of nitro benzene ring substituents is 1. The molecule has 0 spiro atoms. The second-order valence-corrected chi connectivity index (χ2v) is 3.85. The monoisotopic (exact) mass is 275 g/mol. The molecule has 5 nitrogen and oxygen atoms in total. The SMILES string of the molecule is N#Cc1ccc(Nc2cc(F)ccc2F)cc1[N+](=O)[O-]. The van der Waals surface area contributed by atoms with Crippen molar-refractivity contribution in [2.24, 2.45) is 0 Å². The quantitative estimate of drug-likeness (QED) is 0.687. The van der Waals surface area contributed by atoms with Crippen molar-refractivity contribution in [1.82, 2.24) is 0 Å². The highest BCUT2D eigenvalue weighted by molar-refractivity contribution is 5.65. The molecular weight excluding hydrogens is 268 g/mol. The van der Waals surface area contributed by atoms with Crippen LogP contribution in [-0.2, 0) is 0 Å². The zero-order valence-corrected chi connectivity index (χ0v) is 9.93. The van der Waals surface area contributed by atoms with E-state index in [9.17, 15) is 18.9 Å². The number of nitrogens with one attached hydrogen (secondary N) is 1. The molecule has 0 heterocycles. The molecule has 7 heteroatoms. The van der Waals surface area contributed by atoms with Crippen LogP contribution < -0.4 is 5.32 Å². The molecule has 0 amide bonds. The third-order valence-electron chi connectivity index (χ3n) is 2.52. The Hall–Kier alpha value is -3.01. The van der Waals surface area contributed by atoms with Gasteiger partial charge in [0, 0.05) is 17.8 Å². The van der Waals surface area contributed by atoms with Gasteiger partial charge in [-0.1, -0.05) is 0 Å². The molecule has 0 saturated heterocycles. The molecule has 2 rings (SSSR count). The second kappa shape index (κ2) is 5.32. The Morgan fingerprint density at radius 2 is 1.95 bits per heavy atom. The van der Waals surface area contributed by atoms with E-state index < -0.39 is 22.2 Å². The summed E-state index contributed by atoms with van der Waals surface area (Å²) in [6, 6.07) is 8.21. The van der Waals surface area contributed by atoms with E-state index in [1.165, 1.54) is 12.1 Å². The maximum absolute atomic E-state index is 13.4. The topological polar surface area (TPSA) is 79.0 Å². The number of nitriles is 1. The van der Waals surface area contributed by atoms with Crippen molar-refractivity contribution in [1.29, 1.82) is 5.26 Å². The van der Waals surface area contributed by atoms with E-state index in [2.05, 4.69) is 5.32 Å². The van der Waals surface area contributed by atoms with Gasteiger partial charge >= 0.3 is 0 Å². The van der Waals surface area contributed by atoms with Crippen molar-refractivity contribution in [2.75, 3.05) is 5.32 Å². The van der Waals surface area contributed by atoms with Crippen LogP contribution in [0.3, 0.4) is 0 Å². The summed E-state index contributed by atoms with van der Waals surface area (Å²) in [5.41, 5.74) is -0.487. The molecule has 100 valence electrons. The summed E-state index contributed by atoms with van der Waals surface area (Å²) in [4.78, 5) is 10.1. The van der Waals surface area contributed by atoms with Gasteiger partial charge in [-0.3, -0.25) is 10.1 Å². The first-order valence-corrected chi connectivity index (χ1v) is 5.42. The average molecular weight is 275 g/mol. The number of benzene rings is 2. The summed E-state index contributed by atoms with van der Waals surface area (Å²) < 4.78 is 26.5. The lowest BCUT2D eigenvalue weighted by molar-refractivity contribution is -0.385. The molecule has 0 unspecified atom stereocenters. The van der Waals surface area contributed by atoms with Gasteiger partial charge in [-0.25, -0.2) is 8.78 Å². The van der Waals surface area contributed by atoms with Crippen molar-refractivity contribution in [3.05, 3.63) is 63.7 Å². The Morgan fingerprint density at radius 1 is 1.20 bits per heavy atom. The summed E-state index contributed by atoms with van der Waals surface area (Å²) in [6.07, 6.45) is 0. The highest BCUT2D eigenvalue weighted by atomic mass is 19.1. The highest BCUT2D eigenvalue weighted by Gasteiger charge is 2.15. The zero-order valence-electron chi connectivity index (χ0n) is 9.93. The summed E-state index contributed by atoms with van der Waals surface area (Å²) >= 11 is 0. The van der Waals surface area contributed by atoms with Gasteiger partial charge in [0.1, 0.15) is 23.3 Å². The van der Waals surface area contributed by atoms with Crippen molar-refractivity contribution >= 4 is 17.1 Å². The minimum absolute atomic E-state index is 0.111. The van der Waals surface area contributed by atoms with Gasteiger partial charge < -0.3 is 5.32 Å². The summed E-state index contributed by atoms with van der Waals surface area (Å²) in [5.74, 6) is -1.34. The molecule has 0 atom stereocenters. The first-order valence-electron chi connectivity index (χ1n) is 5.42. The number of halogens is 2. The van der Waals surface area contributed by atoms with Crippen LogP contribution >= 0.6 is 0 Å². The highest BCUT2D eigenvalue weighted by Crippen LogP contribution is 2.26. The first-order chi connectivity index (χ1) is 9.51. The molecule has 20 heavy (non-hydrogen) atoms. The smallest absolute Gasteiger partial charge is 0.289 e. The summed E-state index contributed by atoms with van der Waals surface area (Å²) in [6.45, 7) is 0. The molecule has 2 aromatic rings. The zero-order chi connectivity index (χ0) is 14.7. The van der Waals surface area contributed by atoms with Crippen LogP contribution in [0.5, 0.6) is 0 Å². The van der Waals surface area contributed by atoms with E-state index in [0.29, 0.717) is 0 Å². The van der Waals surface area contributed by atoms with Gasteiger partial charge in [-0.15, -0.1) is 0 Å². The van der Waals surface area contributed by atoms with E-state index in [-0.39, 0.29) is 16.9 Å². The van der Waals surface area contributed by atoms with E-state index >= 15 is 0 Å². The molecular formula is C13H7F2N3O2. The number of nitrogens with zero attached hydrogens (tertiary/aromatic N) is 2. The van der Waals surface area contributed by atoms with Crippen molar-refractivity contribution in [3.63, 3.8) is 0 Å². The number of anilines is 2. The maximum Gasteiger partial charge on any atom is 0.289 e. The fraction of sp³-hybridized carbons (Fsp3) is 0. The van der Waals surface area contributed by atoms with E-state index in [1.54, 1.807) is 6.07 Å². The normalized spacial score (nSPS) is 9.85. The van der Waals surface area contributed by atoms with E-state index in [0.717, 1.165) is 24.3 Å². The molecule has 0 bridgehead atoms. The largest absolute Gasteiger partial charge is 0.353 e. The Labute approximate surface area is 112 Å². The second-order valence-electron chi connectivity index (χ2n) is 3.85. The van der Waals surface area contributed by atoms with Gasteiger partial charge in [-0.05, 0) is 24.3 Å². The van der Waals surface area contributed by atoms with Crippen LogP contribution in [0.2, 0.25) is 0 Å². The molecule has 0 aliphatic heterocycles. The lowest BCUT2D eigenvalue weighted by Crippen LogP contribution is -1.98. The van der Waals surface area contributed by atoms with Crippen molar-refractivity contribution in [2.45, 2.75) is 0 Å². The van der Waals surface area contributed by atoms with E-state index in [4.69, 9.17) is 5.26 Å². The van der Waals surface area contributed by atoms with Crippen LogP contribution in [0, 0.1) is 33.1 Å². The first kappa shape index (κ1) is 13.4. The predicted octanol–water partition coefficient (Wildman–Crippen LogP) is 3.49. The molecule has 0 fully saturated rings. The maximum atomic E-state index is 13.4. The molecule has 0 aromatic heterocycles. The molecule has 0 radical (unpaired) electrons. The lowest BCUT2D eigenvalue weighted by Gasteiger charge is -2.08. The fourth-order valence-electron chi connectivity index (χ4n) is 1.60. The average Bonchev–Trinajstić information content (AvgIpc) is 2.42. The molecule has 1 N–H and O–H groups in total. The third kappa shape index (κ3) is 2.70. The molecule has 2 aromatic carbocycles. The van der Waals surface area contributed by atoms with Crippen LogP contribution in [0.1, 0.15) is 5.56 Å². The number of hydrogen-bond acceptors (Lipinski definition) is 4.